The van der Waals surface area contributed by atoms with Gasteiger partial charge < -0.3 is 15.3 Å². The maximum atomic E-state index is 12.7. The van der Waals surface area contributed by atoms with Crippen LogP contribution < -0.4 is 5.32 Å². The highest BCUT2D eigenvalue weighted by molar-refractivity contribution is 7.99. The first-order valence-corrected chi connectivity index (χ1v) is 11.8. The number of carbonyl (C=O) groups is 2. The predicted octanol–water partition coefficient (Wildman–Crippen LogP) is 3.89. The number of aliphatic carboxylic acids is 1. The fourth-order valence-corrected chi connectivity index (χ4v) is 5.18. The lowest BCUT2D eigenvalue weighted by atomic mass is 9.82. The molecule has 1 saturated heterocycles. The first-order valence-electron chi connectivity index (χ1n) is 10.7. The standard InChI is InChI=1S/C24H27N3O3S/c25-23(27-9-11-31-12-10-27)17-3-5-18(6-4-17)24(30)26-21-8-7-19-13-16(14-22(28)29)1-2-20(19)15-21/h3-8,15-16,25H,1-2,9-14H2,(H,26,30)(H,28,29). The Balaban J connectivity index is 1.38. The average molecular weight is 438 g/mol. The molecule has 2 aromatic carbocycles. The minimum Gasteiger partial charge on any atom is -0.481 e. The number of nitrogens with one attached hydrogen (secondary N) is 2. The summed E-state index contributed by atoms with van der Waals surface area (Å²) in [7, 11) is 0. The molecule has 1 aliphatic carbocycles. The van der Waals surface area contributed by atoms with Crippen molar-refractivity contribution < 1.29 is 14.7 Å². The van der Waals surface area contributed by atoms with E-state index in [1.807, 2.05) is 42.1 Å². The van der Waals surface area contributed by atoms with Crippen LogP contribution in [0.4, 0.5) is 5.69 Å². The lowest BCUT2D eigenvalue weighted by Gasteiger charge is -2.28. The molecule has 0 spiro atoms. The van der Waals surface area contributed by atoms with Gasteiger partial charge in [-0.15, -0.1) is 0 Å². The van der Waals surface area contributed by atoms with E-state index in [2.05, 4.69) is 10.2 Å². The number of carboxylic acid groups (broad SMARTS) is 1. The van der Waals surface area contributed by atoms with Crippen molar-refractivity contribution in [2.45, 2.75) is 25.7 Å². The maximum Gasteiger partial charge on any atom is 0.303 e. The van der Waals surface area contributed by atoms with Crippen molar-refractivity contribution in [3.63, 3.8) is 0 Å². The third-order valence-corrected chi connectivity index (χ3v) is 6.95. The highest BCUT2D eigenvalue weighted by Crippen LogP contribution is 2.29. The van der Waals surface area contributed by atoms with Crippen LogP contribution in [0.25, 0.3) is 0 Å². The highest BCUT2D eigenvalue weighted by Gasteiger charge is 2.21. The molecule has 0 aromatic heterocycles. The molecule has 162 valence electrons. The fourth-order valence-electron chi connectivity index (χ4n) is 4.28. The van der Waals surface area contributed by atoms with Gasteiger partial charge in [-0.3, -0.25) is 15.0 Å². The van der Waals surface area contributed by atoms with Crippen LogP contribution in [0.3, 0.4) is 0 Å². The lowest BCUT2D eigenvalue weighted by molar-refractivity contribution is -0.138. The van der Waals surface area contributed by atoms with Crippen LogP contribution in [0.1, 0.15) is 39.9 Å². The molecule has 1 heterocycles. The van der Waals surface area contributed by atoms with E-state index in [4.69, 9.17) is 10.5 Å². The molecule has 3 N–H and O–H groups in total. The second-order valence-corrected chi connectivity index (χ2v) is 9.39. The molecule has 0 radical (unpaired) electrons. The topological polar surface area (TPSA) is 93.5 Å². The summed E-state index contributed by atoms with van der Waals surface area (Å²) >= 11 is 1.91. The Morgan fingerprint density at radius 2 is 1.77 bits per heavy atom. The second-order valence-electron chi connectivity index (χ2n) is 8.17. The Bertz CT molecular complexity index is 984. The molecule has 1 unspecified atom stereocenters. The molecule has 31 heavy (non-hydrogen) atoms. The van der Waals surface area contributed by atoms with E-state index in [1.54, 1.807) is 12.1 Å². The molecule has 1 amide bonds. The van der Waals surface area contributed by atoms with Gasteiger partial charge in [-0.05, 0) is 60.6 Å². The number of amides is 1. The summed E-state index contributed by atoms with van der Waals surface area (Å²) in [5, 5.41) is 20.4. The largest absolute Gasteiger partial charge is 0.481 e. The zero-order valence-electron chi connectivity index (χ0n) is 17.4. The Hall–Kier alpha value is -2.80. The van der Waals surface area contributed by atoms with Gasteiger partial charge in [0.25, 0.3) is 5.91 Å². The molecular formula is C24H27N3O3S. The van der Waals surface area contributed by atoms with Gasteiger partial charge in [0.2, 0.25) is 0 Å². The number of hydrogen-bond donors (Lipinski definition) is 3. The first-order chi connectivity index (χ1) is 15.0. The Labute approximate surface area is 186 Å². The molecule has 1 fully saturated rings. The molecule has 2 aromatic rings. The molecule has 0 bridgehead atoms. The van der Waals surface area contributed by atoms with Gasteiger partial charge in [0.15, 0.2) is 0 Å². The van der Waals surface area contributed by atoms with Crippen LogP contribution in [0, 0.1) is 11.3 Å². The Morgan fingerprint density at radius 1 is 1.06 bits per heavy atom. The summed E-state index contributed by atoms with van der Waals surface area (Å²) in [6.07, 6.45) is 2.68. The van der Waals surface area contributed by atoms with Crippen LogP contribution >= 0.6 is 11.8 Å². The maximum absolute atomic E-state index is 12.7. The number of rotatable bonds is 5. The van der Waals surface area contributed by atoms with Crippen molar-refractivity contribution in [3.05, 3.63) is 64.7 Å². The number of carbonyl (C=O) groups excluding carboxylic acids is 1. The number of fused-ring (bicyclic) bond motifs is 1. The van der Waals surface area contributed by atoms with E-state index in [9.17, 15) is 9.59 Å². The van der Waals surface area contributed by atoms with E-state index in [0.29, 0.717) is 11.4 Å². The molecule has 0 saturated carbocycles. The van der Waals surface area contributed by atoms with Crippen molar-refractivity contribution in [1.82, 2.24) is 4.90 Å². The summed E-state index contributed by atoms with van der Waals surface area (Å²) in [5.74, 6) is 1.88. The number of aryl methyl sites for hydroxylation is 1. The van der Waals surface area contributed by atoms with Crippen LogP contribution in [0.15, 0.2) is 42.5 Å². The Kier molecular flexibility index (Phi) is 6.61. The first kappa shape index (κ1) is 21.4. The van der Waals surface area contributed by atoms with Crippen molar-refractivity contribution in [1.29, 1.82) is 5.41 Å². The van der Waals surface area contributed by atoms with Gasteiger partial charge in [-0.2, -0.15) is 11.8 Å². The molecule has 1 atom stereocenters. The monoisotopic (exact) mass is 437 g/mol. The minimum absolute atomic E-state index is 0.174. The third-order valence-electron chi connectivity index (χ3n) is 6.01. The number of amidine groups is 1. The van der Waals surface area contributed by atoms with Crippen LogP contribution in [-0.2, 0) is 17.6 Å². The van der Waals surface area contributed by atoms with Gasteiger partial charge in [0.1, 0.15) is 5.84 Å². The van der Waals surface area contributed by atoms with Gasteiger partial charge >= 0.3 is 5.97 Å². The molecule has 2 aliphatic rings. The fraction of sp³-hybridized carbons (Fsp3) is 0.375. The lowest BCUT2D eigenvalue weighted by Crippen LogP contribution is -2.37. The highest BCUT2D eigenvalue weighted by atomic mass is 32.2. The summed E-state index contributed by atoms with van der Waals surface area (Å²) in [6, 6.07) is 13.1. The van der Waals surface area contributed by atoms with Crippen LogP contribution in [0.2, 0.25) is 0 Å². The average Bonchev–Trinajstić information content (AvgIpc) is 2.79. The number of hydrogen-bond acceptors (Lipinski definition) is 4. The van der Waals surface area contributed by atoms with Crippen LogP contribution in [0.5, 0.6) is 0 Å². The zero-order valence-corrected chi connectivity index (χ0v) is 18.2. The van der Waals surface area contributed by atoms with E-state index in [1.165, 1.54) is 11.1 Å². The smallest absolute Gasteiger partial charge is 0.303 e. The van der Waals surface area contributed by atoms with Crippen molar-refractivity contribution in [3.8, 4) is 0 Å². The van der Waals surface area contributed by atoms with Gasteiger partial charge in [-0.25, -0.2) is 0 Å². The van der Waals surface area contributed by atoms with E-state index in [-0.39, 0.29) is 18.2 Å². The molecular weight excluding hydrogens is 410 g/mol. The van der Waals surface area contributed by atoms with E-state index < -0.39 is 5.97 Å². The van der Waals surface area contributed by atoms with Crippen LogP contribution in [-0.4, -0.2) is 52.3 Å². The quantitative estimate of drug-likeness (QED) is 0.487. The number of carboxylic acids is 1. The summed E-state index contributed by atoms with van der Waals surface area (Å²) in [6.45, 7) is 1.78. The SMILES string of the molecule is N=C(c1ccc(C(=O)Nc2ccc3c(c2)CCC(CC(=O)O)C3)cc1)N1CCSCC1. The third kappa shape index (κ3) is 5.28. The van der Waals surface area contributed by atoms with E-state index in [0.717, 1.165) is 55.1 Å². The normalized spacial score (nSPS) is 18.2. The molecule has 6 nitrogen and oxygen atoms in total. The van der Waals surface area contributed by atoms with Crippen molar-refractivity contribution in [2.75, 3.05) is 29.9 Å². The minimum atomic E-state index is -0.742. The molecule has 4 rings (SSSR count). The molecule has 7 heteroatoms. The zero-order chi connectivity index (χ0) is 21.8. The summed E-state index contributed by atoms with van der Waals surface area (Å²) in [4.78, 5) is 25.7. The second kappa shape index (κ2) is 9.56. The van der Waals surface area contributed by atoms with Crippen molar-refractivity contribution >= 4 is 35.2 Å². The van der Waals surface area contributed by atoms with Crippen molar-refractivity contribution in [2.24, 2.45) is 5.92 Å². The summed E-state index contributed by atoms with van der Waals surface area (Å²) < 4.78 is 0. The Morgan fingerprint density at radius 3 is 2.48 bits per heavy atom. The van der Waals surface area contributed by atoms with Gasteiger partial charge in [-0.1, -0.05) is 18.2 Å². The number of benzene rings is 2. The number of anilines is 1. The van der Waals surface area contributed by atoms with Gasteiger partial charge in [0, 0.05) is 47.8 Å². The molecule has 1 aliphatic heterocycles. The number of thioether (sulfide) groups is 1. The number of nitrogens with zero attached hydrogens (tertiary/aromatic N) is 1. The van der Waals surface area contributed by atoms with Gasteiger partial charge in [0.05, 0.1) is 0 Å². The van der Waals surface area contributed by atoms with E-state index >= 15 is 0 Å². The summed E-state index contributed by atoms with van der Waals surface area (Å²) in [5.41, 5.74) is 4.50. The predicted molar refractivity (Wildman–Crippen MR) is 124 cm³/mol.